The van der Waals surface area contributed by atoms with Gasteiger partial charge in [-0.2, -0.15) is 0 Å². The van der Waals surface area contributed by atoms with Crippen LogP contribution in [0.5, 0.6) is 0 Å². The maximum absolute atomic E-state index is 3.59. The molecule has 1 N–H and O–H groups in total. The minimum atomic E-state index is 0.839. The van der Waals surface area contributed by atoms with Crippen LogP contribution in [-0.4, -0.2) is 6.54 Å². The first-order valence-electron chi connectivity index (χ1n) is 15.7. The molecule has 2 nitrogen and oxygen atoms in total. The molecule has 0 unspecified atom stereocenters. The van der Waals surface area contributed by atoms with Crippen LogP contribution in [0.4, 0.5) is 22.1 Å². The predicted octanol–water partition coefficient (Wildman–Crippen LogP) is 12.2. The summed E-state index contributed by atoms with van der Waals surface area (Å²) in [6, 6.07) is 57.2. The maximum Gasteiger partial charge on any atom is 0.0977 e. The summed E-state index contributed by atoms with van der Waals surface area (Å²) in [6.07, 6.45) is 2.32. The average molecular weight is 607 g/mol. The molecule has 7 aromatic carbocycles. The van der Waals surface area contributed by atoms with Crippen LogP contribution in [0.1, 0.15) is 11.1 Å². The van der Waals surface area contributed by atoms with E-state index >= 15 is 0 Å². The number of fused-ring (bicyclic) bond motifs is 6. The SMILES string of the molecule is C1=C(c2ccc(N(c3ccccc3)c3ccc(-c4cc5ccccc5c5ccccc45)cc3)cc2)c2c(sc3ccccc23)NC1. The van der Waals surface area contributed by atoms with E-state index in [-0.39, 0.29) is 0 Å². The van der Waals surface area contributed by atoms with Gasteiger partial charge in [0.05, 0.1) is 5.00 Å². The summed E-state index contributed by atoms with van der Waals surface area (Å²) in [7, 11) is 0. The van der Waals surface area contributed by atoms with Crippen molar-refractivity contribution >= 4 is 70.6 Å². The molecule has 1 aliphatic rings. The highest BCUT2D eigenvalue weighted by atomic mass is 32.1. The van der Waals surface area contributed by atoms with Crippen LogP contribution in [0, 0.1) is 0 Å². The average Bonchev–Trinajstić information content (AvgIpc) is 3.52. The highest BCUT2D eigenvalue weighted by Crippen LogP contribution is 2.45. The molecular weight excluding hydrogens is 577 g/mol. The van der Waals surface area contributed by atoms with Gasteiger partial charge in [-0.25, -0.2) is 0 Å². The van der Waals surface area contributed by atoms with Crippen LogP contribution in [0.2, 0.25) is 0 Å². The Morgan fingerprint density at radius 2 is 1.09 bits per heavy atom. The van der Waals surface area contributed by atoms with Crippen LogP contribution in [0.3, 0.4) is 0 Å². The Balaban J connectivity index is 1.11. The standard InChI is InChI=1S/C43H30N2S/c1-2-11-32(12-3-1)45(33-22-18-29(19-23-33)36-26-27-44-43-42(36)39-16-8-9-17-41(39)46-43)34-24-20-30(21-25-34)40-28-31-10-4-5-13-35(31)37-14-6-7-15-38(37)40/h1-26,28,44H,27H2. The highest BCUT2D eigenvalue weighted by molar-refractivity contribution is 7.23. The van der Waals surface area contributed by atoms with Crippen molar-refractivity contribution in [3.63, 3.8) is 0 Å². The molecule has 0 saturated heterocycles. The van der Waals surface area contributed by atoms with Gasteiger partial charge in [-0.05, 0) is 92.3 Å². The summed E-state index contributed by atoms with van der Waals surface area (Å²) in [5.74, 6) is 0. The summed E-state index contributed by atoms with van der Waals surface area (Å²) in [5, 5.41) is 11.3. The number of para-hydroxylation sites is 1. The number of nitrogens with zero attached hydrogens (tertiary/aromatic N) is 1. The Hall–Kier alpha value is -5.64. The molecule has 0 spiro atoms. The number of anilines is 4. The number of rotatable bonds is 5. The van der Waals surface area contributed by atoms with Gasteiger partial charge in [0.1, 0.15) is 0 Å². The van der Waals surface area contributed by atoms with Gasteiger partial charge in [-0.1, -0.05) is 115 Å². The van der Waals surface area contributed by atoms with E-state index in [1.165, 1.54) is 64.5 Å². The molecular formula is C43H30N2S. The third-order valence-corrected chi connectivity index (χ3v) is 10.2. The van der Waals surface area contributed by atoms with Crippen LogP contribution >= 0.6 is 11.3 Å². The fourth-order valence-corrected chi connectivity index (χ4v) is 8.07. The summed E-state index contributed by atoms with van der Waals surface area (Å²) >= 11 is 1.84. The molecule has 0 amide bonds. The van der Waals surface area contributed by atoms with Gasteiger partial charge < -0.3 is 10.2 Å². The fraction of sp³-hybridized carbons (Fsp3) is 0.0233. The van der Waals surface area contributed by atoms with Gasteiger partial charge in [-0.15, -0.1) is 11.3 Å². The van der Waals surface area contributed by atoms with E-state index < -0.39 is 0 Å². The lowest BCUT2D eigenvalue weighted by atomic mass is 9.93. The number of thiophene rings is 1. The van der Waals surface area contributed by atoms with Crippen LogP contribution in [0.25, 0.3) is 48.3 Å². The van der Waals surface area contributed by atoms with Gasteiger partial charge in [0.2, 0.25) is 0 Å². The lowest BCUT2D eigenvalue weighted by Gasteiger charge is -2.26. The molecule has 46 heavy (non-hydrogen) atoms. The van der Waals surface area contributed by atoms with Gasteiger partial charge in [-0.3, -0.25) is 0 Å². The summed E-state index contributed by atoms with van der Waals surface area (Å²) in [4.78, 5) is 2.34. The first-order chi connectivity index (χ1) is 22.8. The van der Waals surface area contributed by atoms with Crippen molar-refractivity contribution in [3.05, 3.63) is 175 Å². The largest absolute Gasteiger partial charge is 0.373 e. The smallest absolute Gasteiger partial charge is 0.0977 e. The van der Waals surface area contributed by atoms with E-state index in [1.54, 1.807) is 0 Å². The minimum absolute atomic E-state index is 0.839. The molecule has 2 heterocycles. The zero-order chi connectivity index (χ0) is 30.5. The second kappa shape index (κ2) is 11.1. The molecule has 9 rings (SSSR count). The molecule has 0 saturated carbocycles. The third-order valence-electron chi connectivity index (χ3n) is 9.09. The number of benzene rings is 7. The van der Waals surface area contributed by atoms with Crippen molar-refractivity contribution < 1.29 is 0 Å². The number of hydrogen-bond donors (Lipinski definition) is 1. The molecule has 1 aliphatic heterocycles. The topological polar surface area (TPSA) is 15.3 Å². The first kappa shape index (κ1) is 26.7. The van der Waals surface area contributed by atoms with Crippen LogP contribution < -0.4 is 10.2 Å². The Morgan fingerprint density at radius 3 is 1.85 bits per heavy atom. The predicted molar refractivity (Wildman–Crippen MR) is 199 cm³/mol. The maximum atomic E-state index is 3.59. The summed E-state index contributed by atoms with van der Waals surface area (Å²) in [5.41, 5.74) is 9.71. The van der Waals surface area contributed by atoms with Crippen LogP contribution in [0.15, 0.2) is 164 Å². The van der Waals surface area contributed by atoms with E-state index in [4.69, 9.17) is 0 Å². The quantitative estimate of drug-likeness (QED) is 0.196. The van der Waals surface area contributed by atoms with E-state index in [1.807, 2.05) is 11.3 Å². The Kier molecular flexibility index (Phi) is 6.43. The molecule has 8 aromatic rings. The fourth-order valence-electron chi connectivity index (χ4n) is 6.94. The molecule has 0 aliphatic carbocycles. The van der Waals surface area contributed by atoms with Crippen molar-refractivity contribution in [2.45, 2.75) is 0 Å². The Labute approximate surface area is 272 Å². The van der Waals surface area contributed by atoms with Crippen molar-refractivity contribution in [1.29, 1.82) is 0 Å². The molecule has 0 fully saturated rings. The molecule has 0 bridgehead atoms. The third kappa shape index (κ3) is 4.48. The Morgan fingerprint density at radius 1 is 0.500 bits per heavy atom. The monoisotopic (exact) mass is 606 g/mol. The van der Waals surface area contributed by atoms with Crippen molar-refractivity contribution in [2.75, 3.05) is 16.8 Å². The number of hydrogen-bond acceptors (Lipinski definition) is 3. The summed E-state index contributed by atoms with van der Waals surface area (Å²) in [6.45, 7) is 0.839. The minimum Gasteiger partial charge on any atom is -0.373 e. The van der Waals surface area contributed by atoms with Crippen molar-refractivity contribution in [1.82, 2.24) is 0 Å². The van der Waals surface area contributed by atoms with Gasteiger partial charge in [0, 0.05) is 39.3 Å². The second-order valence-corrected chi connectivity index (χ2v) is 12.8. The van der Waals surface area contributed by atoms with E-state index in [0.717, 1.165) is 23.6 Å². The highest BCUT2D eigenvalue weighted by Gasteiger charge is 2.21. The van der Waals surface area contributed by atoms with Crippen molar-refractivity contribution in [2.24, 2.45) is 0 Å². The Bertz CT molecular complexity index is 2400. The van der Waals surface area contributed by atoms with Crippen LogP contribution in [-0.2, 0) is 0 Å². The van der Waals surface area contributed by atoms with E-state index in [2.05, 4.69) is 174 Å². The zero-order valence-corrected chi connectivity index (χ0v) is 26.0. The van der Waals surface area contributed by atoms with E-state index in [9.17, 15) is 0 Å². The first-order valence-corrected chi connectivity index (χ1v) is 16.6. The molecule has 1 aromatic heterocycles. The lowest BCUT2D eigenvalue weighted by Crippen LogP contribution is -2.10. The van der Waals surface area contributed by atoms with E-state index in [0.29, 0.717) is 0 Å². The summed E-state index contributed by atoms with van der Waals surface area (Å²) < 4.78 is 1.32. The normalized spacial score (nSPS) is 12.6. The second-order valence-electron chi connectivity index (χ2n) is 11.8. The molecule has 0 atom stereocenters. The van der Waals surface area contributed by atoms with Crippen molar-refractivity contribution in [3.8, 4) is 11.1 Å². The van der Waals surface area contributed by atoms with Gasteiger partial charge in [0.25, 0.3) is 0 Å². The zero-order valence-electron chi connectivity index (χ0n) is 25.2. The molecule has 218 valence electrons. The number of nitrogens with one attached hydrogen (secondary N) is 1. The van der Waals surface area contributed by atoms with Gasteiger partial charge in [0.15, 0.2) is 0 Å². The molecule has 0 radical (unpaired) electrons. The lowest BCUT2D eigenvalue weighted by molar-refractivity contribution is 1.28. The van der Waals surface area contributed by atoms with Gasteiger partial charge >= 0.3 is 0 Å². The molecule has 3 heteroatoms.